The molecule has 1 aliphatic heterocycles. The van der Waals surface area contributed by atoms with Crippen LogP contribution < -0.4 is 9.62 Å². The minimum Gasteiger partial charge on any atom is -0.312 e. The normalized spacial score (nSPS) is 15.7. The summed E-state index contributed by atoms with van der Waals surface area (Å²) in [5.41, 5.74) is 2.87. The van der Waals surface area contributed by atoms with Crippen LogP contribution >= 0.6 is 23.1 Å². The molecular formula is C21H20N4O3S3. The Labute approximate surface area is 188 Å². The van der Waals surface area contributed by atoms with Gasteiger partial charge < -0.3 is 4.90 Å². The van der Waals surface area contributed by atoms with Crippen molar-refractivity contribution in [3.05, 3.63) is 59.7 Å². The number of sulfonamides is 1. The largest absolute Gasteiger partial charge is 0.312 e. The van der Waals surface area contributed by atoms with Crippen LogP contribution in [0.25, 0.3) is 0 Å². The lowest BCUT2D eigenvalue weighted by molar-refractivity contribution is -0.119. The lowest BCUT2D eigenvalue weighted by Crippen LogP contribution is -2.30. The maximum atomic E-state index is 12.9. The summed E-state index contributed by atoms with van der Waals surface area (Å²) in [6.07, 6.45) is 2.57. The molecule has 0 spiro atoms. The first-order valence-electron chi connectivity index (χ1n) is 9.97. The van der Waals surface area contributed by atoms with Gasteiger partial charge in [-0.05, 0) is 48.6 Å². The van der Waals surface area contributed by atoms with Crippen LogP contribution in [0.15, 0.2) is 57.8 Å². The summed E-state index contributed by atoms with van der Waals surface area (Å²) >= 11 is 2.73. The lowest BCUT2D eigenvalue weighted by Gasteiger charge is -2.17. The van der Waals surface area contributed by atoms with Crippen LogP contribution in [0, 0.1) is 5.92 Å². The topological polar surface area (TPSA) is 92.3 Å². The first-order chi connectivity index (χ1) is 15.0. The van der Waals surface area contributed by atoms with Gasteiger partial charge in [0.2, 0.25) is 11.0 Å². The Morgan fingerprint density at radius 3 is 2.74 bits per heavy atom. The van der Waals surface area contributed by atoms with E-state index in [0.717, 1.165) is 35.4 Å². The molecule has 31 heavy (non-hydrogen) atoms. The van der Waals surface area contributed by atoms with Gasteiger partial charge in [0.05, 0.1) is 4.90 Å². The molecule has 0 radical (unpaired) electrons. The molecule has 160 valence electrons. The van der Waals surface area contributed by atoms with Gasteiger partial charge in [-0.2, -0.15) is 0 Å². The Kier molecular flexibility index (Phi) is 5.45. The molecule has 5 rings (SSSR count). The third-order valence-corrected chi connectivity index (χ3v) is 8.79. The van der Waals surface area contributed by atoms with Crippen LogP contribution in [0.2, 0.25) is 0 Å². The fourth-order valence-corrected chi connectivity index (χ4v) is 6.52. The van der Waals surface area contributed by atoms with Crippen molar-refractivity contribution in [1.29, 1.82) is 0 Å². The number of carbonyl (C=O) groups excluding carboxylic acids is 1. The van der Waals surface area contributed by atoms with Gasteiger partial charge in [-0.15, -0.1) is 10.2 Å². The number of hydrogen-bond acceptors (Lipinski definition) is 7. The van der Waals surface area contributed by atoms with E-state index in [4.69, 9.17) is 0 Å². The number of thioether (sulfide) groups is 1. The summed E-state index contributed by atoms with van der Waals surface area (Å²) < 4.78 is 29.0. The molecule has 0 bridgehead atoms. The van der Waals surface area contributed by atoms with Gasteiger partial charge in [0.1, 0.15) is 0 Å². The van der Waals surface area contributed by atoms with Gasteiger partial charge >= 0.3 is 0 Å². The van der Waals surface area contributed by atoms with Crippen LogP contribution in [-0.2, 0) is 27.0 Å². The minimum atomic E-state index is -3.79. The maximum Gasteiger partial charge on any atom is 0.263 e. The third-order valence-electron chi connectivity index (χ3n) is 5.28. The average molecular weight is 473 g/mol. The van der Waals surface area contributed by atoms with Gasteiger partial charge in [0, 0.05) is 23.9 Å². The first kappa shape index (κ1) is 20.5. The molecule has 7 nitrogen and oxygen atoms in total. The molecule has 0 atom stereocenters. The summed E-state index contributed by atoms with van der Waals surface area (Å²) in [6.45, 7) is 0.611. The van der Waals surface area contributed by atoms with E-state index < -0.39 is 10.0 Å². The van der Waals surface area contributed by atoms with E-state index in [1.165, 1.54) is 23.1 Å². The Hall–Kier alpha value is -2.43. The minimum absolute atomic E-state index is 0.141. The zero-order chi connectivity index (χ0) is 21.4. The lowest BCUT2D eigenvalue weighted by atomic mass is 10.2. The number of carbonyl (C=O) groups is 1. The van der Waals surface area contributed by atoms with Gasteiger partial charge in [-0.3, -0.25) is 9.52 Å². The van der Waals surface area contributed by atoms with E-state index in [9.17, 15) is 13.2 Å². The molecule has 2 heterocycles. The van der Waals surface area contributed by atoms with Gasteiger partial charge in [-0.1, -0.05) is 53.4 Å². The summed E-state index contributed by atoms with van der Waals surface area (Å²) in [4.78, 5) is 14.4. The molecule has 1 amide bonds. The molecule has 1 aliphatic carbocycles. The molecule has 0 unspecified atom stereocenters. The Bertz CT molecular complexity index is 1220. The molecule has 0 saturated heterocycles. The standard InChI is InChI=1S/C21H20N4O3S3/c26-19(15-6-7-15)25-11-10-16-12-17(8-9-18(16)25)31(27,28)24-20-22-23-21(30-20)29-13-14-4-2-1-3-5-14/h1-5,8-9,12,15H,6-7,10-11,13H2,(H,22,24). The number of nitrogens with zero attached hydrogens (tertiary/aromatic N) is 3. The predicted molar refractivity (Wildman–Crippen MR) is 122 cm³/mol. The fourth-order valence-electron chi connectivity index (χ4n) is 3.53. The number of anilines is 2. The summed E-state index contributed by atoms with van der Waals surface area (Å²) in [6, 6.07) is 14.9. The van der Waals surface area contributed by atoms with Gasteiger partial charge in [0.15, 0.2) is 4.34 Å². The van der Waals surface area contributed by atoms with E-state index in [1.807, 2.05) is 30.3 Å². The van der Waals surface area contributed by atoms with Gasteiger partial charge in [-0.25, -0.2) is 8.42 Å². The Morgan fingerprint density at radius 2 is 1.97 bits per heavy atom. The number of amides is 1. The smallest absolute Gasteiger partial charge is 0.263 e. The highest BCUT2D eigenvalue weighted by Gasteiger charge is 2.36. The van der Waals surface area contributed by atoms with E-state index >= 15 is 0 Å². The van der Waals surface area contributed by atoms with Crippen LogP contribution in [0.3, 0.4) is 0 Å². The van der Waals surface area contributed by atoms with Crippen LogP contribution in [0.4, 0.5) is 10.8 Å². The maximum absolute atomic E-state index is 12.9. The average Bonchev–Trinajstić information content (AvgIpc) is 3.39. The number of fused-ring (bicyclic) bond motifs is 1. The van der Waals surface area contributed by atoms with Crippen molar-refractivity contribution in [1.82, 2.24) is 10.2 Å². The first-order valence-corrected chi connectivity index (χ1v) is 13.3. The van der Waals surface area contributed by atoms with Crippen molar-refractivity contribution in [3.8, 4) is 0 Å². The van der Waals surface area contributed by atoms with Gasteiger partial charge in [0.25, 0.3) is 10.0 Å². The molecule has 1 aromatic heterocycles. The van der Waals surface area contributed by atoms with Crippen molar-refractivity contribution < 1.29 is 13.2 Å². The summed E-state index contributed by atoms with van der Waals surface area (Å²) in [5, 5.41) is 8.29. The molecule has 1 N–H and O–H groups in total. The van der Waals surface area contributed by atoms with E-state index in [-0.39, 0.29) is 21.9 Å². The van der Waals surface area contributed by atoms with Crippen LogP contribution in [-0.4, -0.2) is 31.1 Å². The monoisotopic (exact) mass is 472 g/mol. The summed E-state index contributed by atoms with van der Waals surface area (Å²) in [5.74, 6) is 1.03. The zero-order valence-electron chi connectivity index (χ0n) is 16.5. The predicted octanol–water partition coefficient (Wildman–Crippen LogP) is 3.93. The van der Waals surface area contributed by atoms with E-state index in [1.54, 1.807) is 23.1 Å². The van der Waals surface area contributed by atoms with Crippen LogP contribution in [0.5, 0.6) is 0 Å². The zero-order valence-corrected chi connectivity index (χ0v) is 19.0. The van der Waals surface area contributed by atoms with E-state index in [0.29, 0.717) is 17.3 Å². The van der Waals surface area contributed by atoms with E-state index in [2.05, 4.69) is 14.9 Å². The Balaban J connectivity index is 1.27. The quantitative estimate of drug-likeness (QED) is 0.524. The second kappa shape index (κ2) is 8.25. The fraction of sp³-hybridized carbons (Fsp3) is 0.286. The number of nitrogens with one attached hydrogen (secondary N) is 1. The molecule has 1 saturated carbocycles. The molecule has 1 fully saturated rings. The van der Waals surface area contributed by atoms with Crippen molar-refractivity contribution in [2.24, 2.45) is 5.92 Å². The highest BCUT2D eigenvalue weighted by molar-refractivity contribution is 8.00. The Morgan fingerprint density at radius 1 is 1.16 bits per heavy atom. The van der Waals surface area contributed by atoms with Crippen molar-refractivity contribution >= 4 is 49.8 Å². The number of aromatic nitrogens is 2. The third kappa shape index (κ3) is 4.46. The van der Waals surface area contributed by atoms with Crippen molar-refractivity contribution in [2.75, 3.05) is 16.2 Å². The molecule has 10 heteroatoms. The van der Waals surface area contributed by atoms with Crippen molar-refractivity contribution in [2.45, 2.75) is 34.3 Å². The van der Waals surface area contributed by atoms with Crippen LogP contribution in [0.1, 0.15) is 24.0 Å². The number of rotatable bonds is 7. The number of benzene rings is 2. The second-order valence-corrected chi connectivity index (χ2v) is 11.4. The second-order valence-electron chi connectivity index (χ2n) is 7.56. The molecule has 2 aromatic carbocycles. The highest BCUT2D eigenvalue weighted by Crippen LogP contribution is 2.37. The summed E-state index contributed by atoms with van der Waals surface area (Å²) in [7, 11) is -3.79. The van der Waals surface area contributed by atoms with Crippen molar-refractivity contribution in [3.63, 3.8) is 0 Å². The SMILES string of the molecule is O=C(C1CC1)N1CCc2cc(S(=O)(=O)Nc3nnc(SCc4ccccc4)s3)ccc21. The molecular weight excluding hydrogens is 452 g/mol. The highest BCUT2D eigenvalue weighted by atomic mass is 32.2. The molecule has 3 aromatic rings. The molecule has 2 aliphatic rings. The number of hydrogen-bond donors (Lipinski definition) is 1.